The Morgan fingerprint density at radius 2 is 1.74 bits per heavy atom. The molecule has 1 aliphatic heterocycles. The first-order chi connectivity index (χ1) is 14.9. The minimum Gasteiger partial charge on any atom is -0.497 e. The Bertz CT molecular complexity index is 1000. The lowest BCUT2D eigenvalue weighted by molar-refractivity contribution is -0.386. The van der Waals surface area contributed by atoms with Crippen LogP contribution in [0.3, 0.4) is 0 Å². The zero-order valence-electron chi connectivity index (χ0n) is 17.6. The summed E-state index contributed by atoms with van der Waals surface area (Å²) in [6.07, 6.45) is 3.28. The maximum absolute atomic E-state index is 12.9. The number of rotatable bonds is 9. The van der Waals surface area contributed by atoms with E-state index in [0.29, 0.717) is 0 Å². The first-order valence-corrected chi connectivity index (χ1v) is 11.5. The third-order valence-electron chi connectivity index (χ3n) is 5.46. The molecule has 1 fully saturated rings. The minimum atomic E-state index is -3.96. The summed E-state index contributed by atoms with van der Waals surface area (Å²) >= 11 is 0. The molecule has 0 aliphatic carbocycles. The average molecular weight is 450 g/mol. The highest BCUT2D eigenvalue weighted by Gasteiger charge is 2.26. The van der Waals surface area contributed by atoms with E-state index in [1.807, 2.05) is 24.3 Å². The average Bonchev–Trinajstić information content (AvgIpc) is 2.79. The van der Waals surface area contributed by atoms with Crippen LogP contribution in [0.5, 0.6) is 11.5 Å². The van der Waals surface area contributed by atoms with Crippen LogP contribution in [0.25, 0.3) is 0 Å². The van der Waals surface area contributed by atoms with Crippen molar-refractivity contribution in [1.29, 1.82) is 0 Å². The van der Waals surface area contributed by atoms with Crippen LogP contribution in [0, 0.1) is 10.1 Å². The van der Waals surface area contributed by atoms with Crippen molar-refractivity contribution < 1.29 is 22.8 Å². The summed E-state index contributed by atoms with van der Waals surface area (Å²) in [6, 6.07) is 11.0. The highest BCUT2D eigenvalue weighted by Crippen LogP contribution is 2.30. The summed E-state index contributed by atoms with van der Waals surface area (Å²) in [6.45, 7) is 1.91. The number of ether oxygens (including phenoxy) is 2. The van der Waals surface area contributed by atoms with Gasteiger partial charge in [-0.3, -0.25) is 15.0 Å². The van der Waals surface area contributed by atoms with Crippen LogP contribution in [0.15, 0.2) is 47.4 Å². The molecular weight excluding hydrogens is 422 g/mol. The van der Waals surface area contributed by atoms with Gasteiger partial charge in [-0.05, 0) is 55.8 Å². The number of nitro groups is 1. The molecule has 0 spiro atoms. The molecule has 0 bridgehead atoms. The summed E-state index contributed by atoms with van der Waals surface area (Å²) in [5.74, 6) is 0.737. The topological polar surface area (TPSA) is 111 Å². The maximum atomic E-state index is 12.9. The third-order valence-corrected chi connectivity index (χ3v) is 6.88. The fourth-order valence-electron chi connectivity index (χ4n) is 3.77. The number of nitrogens with zero attached hydrogens (tertiary/aromatic N) is 2. The van der Waals surface area contributed by atoms with Crippen molar-refractivity contribution in [3.8, 4) is 11.5 Å². The predicted molar refractivity (Wildman–Crippen MR) is 116 cm³/mol. The number of hydrogen-bond acceptors (Lipinski definition) is 7. The lowest BCUT2D eigenvalue weighted by Gasteiger charge is -2.35. The van der Waals surface area contributed by atoms with Gasteiger partial charge in [0.25, 0.3) is 0 Å². The van der Waals surface area contributed by atoms with Crippen LogP contribution in [0.2, 0.25) is 0 Å². The van der Waals surface area contributed by atoms with Gasteiger partial charge in [0.05, 0.1) is 24.0 Å². The Labute approximate surface area is 182 Å². The van der Waals surface area contributed by atoms with E-state index in [9.17, 15) is 18.5 Å². The van der Waals surface area contributed by atoms with Crippen molar-refractivity contribution >= 4 is 15.7 Å². The second-order valence-corrected chi connectivity index (χ2v) is 9.10. The SMILES string of the molecule is COc1ccc(C(CNS(=O)(=O)c2ccc(OC)c([N+](=O)[O-])c2)N2CCCCC2)cc1. The third kappa shape index (κ3) is 5.52. The van der Waals surface area contributed by atoms with Gasteiger partial charge in [0.15, 0.2) is 5.75 Å². The zero-order valence-corrected chi connectivity index (χ0v) is 18.4. The van der Waals surface area contributed by atoms with E-state index in [-0.39, 0.29) is 23.2 Å². The van der Waals surface area contributed by atoms with E-state index in [2.05, 4.69) is 9.62 Å². The maximum Gasteiger partial charge on any atom is 0.312 e. The zero-order chi connectivity index (χ0) is 22.4. The molecule has 31 heavy (non-hydrogen) atoms. The van der Waals surface area contributed by atoms with Gasteiger partial charge in [0.2, 0.25) is 10.0 Å². The van der Waals surface area contributed by atoms with Crippen LogP contribution in [-0.4, -0.2) is 52.1 Å². The van der Waals surface area contributed by atoms with Gasteiger partial charge < -0.3 is 9.47 Å². The molecule has 9 nitrogen and oxygen atoms in total. The quantitative estimate of drug-likeness (QED) is 0.462. The molecule has 1 atom stereocenters. The molecule has 10 heteroatoms. The second-order valence-electron chi connectivity index (χ2n) is 7.33. The van der Waals surface area contributed by atoms with Crippen LogP contribution in [-0.2, 0) is 10.0 Å². The smallest absolute Gasteiger partial charge is 0.312 e. The van der Waals surface area contributed by atoms with Gasteiger partial charge in [-0.1, -0.05) is 18.6 Å². The first kappa shape index (κ1) is 23.0. The normalized spacial score (nSPS) is 15.9. The van der Waals surface area contributed by atoms with E-state index >= 15 is 0 Å². The molecule has 168 valence electrons. The number of likely N-dealkylation sites (tertiary alicyclic amines) is 1. The molecule has 2 aromatic rings. The lowest BCUT2D eigenvalue weighted by Crippen LogP contribution is -2.40. The molecule has 3 rings (SSSR count). The van der Waals surface area contributed by atoms with Gasteiger partial charge in [0, 0.05) is 18.7 Å². The van der Waals surface area contributed by atoms with Crippen molar-refractivity contribution in [3.05, 3.63) is 58.1 Å². The Kier molecular flexibility index (Phi) is 7.47. The molecule has 1 saturated heterocycles. The number of benzene rings is 2. The summed E-state index contributed by atoms with van der Waals surface area (Å²) in [5.41, 5.74) is 0.583. The van der Waals surface area contributed by atoms with E-state index in [4.69, 9.17) is 9.47 Å². The van der Waals surface area contributed by atoms with Gasteiger partial charge >= 0.3 is 5.69 Å². The summed E-state index contributed by atoms with van der Waals surface area (Å²) in [4.78, 5) is 12.7. The van der Waals surface area contributed by atoms with Gasteiger partial charge in [-0.25, -0.2) is 13.1 Å². The Morgan fingerprint density at radius 3 is 2.32 bits per heavy atom. The summed E-state index contributed by atoms with van der Waals surface area (Å²) in [7, 11) is -1.06. The van der Waals surface area contributed by atoms with E-state index in [0.717, 1.165) is 49.7 Å². The van der Waals surface area contributed by atoms with Gasteiger partial charge in [-0.2, -0.15) is 0 Å². The highest BCUT2D eigenvalue weighted by atomic mass is 32.2. The van der Waals surface area contributed by atoms with E-state index in [1.54, 1.807) is 7.11 Å². The first-order valence-electron chi connectivity index (χ1n) is 10.1. The highest BCUT2D eigenvalue weighted by molar-refractivity contribution is 7.89. The second kappa shape index (κ2) is 10.1. The number of methoxy groups -OCH3 is 2. The largest absolute Gasteiger partial charge is 0.497 e. The number of nitrogens with one attached hydrogen (secondary N) is 1. The monoisotopic (exact) mass is 449 g/mol. The minimum absolute atomic E-state index is 0.00776. The molecule has 0 saturated carbocycles. The van der Waals surface area contributed by atoms with Crippen molar-refractivity contribution in [3.63, 3.8) is 0 Å². The molecule has 1 N–H and O–H groups in total. The Balaban J connectivity index is 1.84. The number of sulfonamides is 1. The van der Waals surface area contributed by atoms with Crippen LogP contribution < -0.4 is 14.2 Å². The summed E-state index contributed by atoms with van der Waals surface area (Å²) in [5, 5.41) is 11.3. The molecular formula is C21H27N3O6S. The molecule has 0 amide bonds. The van der Waals surface area contributed by atoms with Crippen molar-refractivity contribution in [2.24, 2.45) is 0 Å². The van der Waals surface area contributed by atoms with Gasteiger partial charge in [-0.15, -0.1) is 0 Å². The lowest BCUT2D eigenvalue weighted by atomic mass is 10.0. The van der Waals surface area contributed by atoms with Crippen molar-refractivity contribution in [2.45, 2.75) is 30.2 Å². The van der Waals surface area contributed by atoms with Crippen LogP contribution >= 0.6 is 0 Å². The van der Waals surface area contributed by atoms with Crippen LogP contribution in [0.1, 0.15) is 30.9 Å². The molecule has 1 heterocycles. The fourth-order valence-corrected chi connectivity index (χ4v) is 4.82. The Morgan fingerprint density at radius 1 is 1.06 bits per heavy atom. The predicted octanol–water partition coefficient (Wildman–Crippen LogP) is 3.12. The number of hydrogen-bond donors (Lipinski definition) is 1. The Hall–Kier alpha value is -2.69. The van der Waals surface area contributed by atoms with Crippen molar-refractivity contribution in [1.82, 2.24) is 9.62 Å². The van der Waals surface area contributed by atoms with Crippen molar-refractivity contribution in [2.75, 3.05) is 33.9 Å². The van der Waals surface area contributed by atoms with E-state index in [1.165, 1.54) is 19.2 Å². The standard InChI is InChI=1S/C21H27N3O6S/c1-29-17-8-6-16(7-9-17)20(23-12-4-3-5-13-23)15-22-31(27,28)18-10-11-21(30-2)19(14-18)24(25)26/h6-11,14,20,22H,3-5,12-13,15H2,1-2H3. The number of piperidine rings is 1. The molecule has 2 aromatic carbocycles. The molecule has 1 aliphatic rings. The molecule has 0 radical (unpaired) electrons. The molecule has 0 aromatic heterocycles. The number of nitro benzene ring substituents is 1. The molecule has 1 unspecified atom stereocenters. The van der Waals surface area contributed by atoms with Gasteiger partial charge in [0.1, 0.15) is 5.75 Å². The van der Waals surface area contributed by atoms with E-state index < -0.39 is 20.6 Å². The fraction of sp³-hybridized carbons (Fsp3) is 0.429. The summed E-state index contributed by atoms with van der Waals surface area (Å²) < 4.78 is 38.6. The van der Waals surface area contributed by atoms with Crippen LogP contribution in [0.4, 0.5) is 5.69 Å².